The highest BCUT2D eigenvalue weighted by atomic mass is 16.5. The van der Waals surface area contributed by atoms with Gasteiger partial charge >= 0.3 is 0 Å². The number of amides is 1. The molecule has 0 atom stereocenters. The summed E-state index contributed by atoms with van der Waals surface area (Å²) < 4.78 is 11.1. The summed E-state index contributed by atoms with van der Waals surface area (Å²) in [4.78, 5) is 16.3. The van der Waals surface area contributed by atoms with Gasteiger partial charge in [-0.25, -0.2) is 0 Å². The van der Waals surface area contributed by atoms with Crippen molar-refractivity contribution in [1.82, 2.24) is 15.5 Å². The number of carbonyl (C=O) groups is 1. The number of hydrogen-bond donors (Lipinski definition) is 1. The summed E-state index contributed by atoms with van der Waals surface area (Å²) in [6.07, 6.45) is 5.91. The molecule has 2 heterocycles. The third kappa shape index (κ3) is 4.34. The topological polar surface area (TPSA) is 77.2 Å². The maximum absolute atomic E-state index is 12.1. The van der Waals surface area contributed by atoms with Crippen molar-refractivity contribution in [1.29, 1.82) is 0 Å². The Morgan fingerprint density at radius 2 is 2.12 bits per heavy atom. The summed E-state index contributed by atoms with van der Waals surface area (Å²) in [5.74, 6) is 1.44. The fourth-order valence-corrected chi connectivity index (χ4v) is 3.04. The number of ether oxygens (including phenoxy) is 1. The first-order valence-corrected chi connectivity index (χ1v) is 8.40. The fraction of sp³-hybridized carbons (Fsp3) is 0.500. The molecule has 0 aliphatic heterocycles. The normalized spacial score (nSPS) is 20.6. The number of rotatable bonds is 5. The van der Waals surface area contributed by atoms with Gasteiger partial charge in [0, 0.05) is 18.3 Å². The molecule has 6 heteroatoms. The summed E-state index contributed by atoms with van der Waals surface area (Å²) in [5.41, 5.74) is 1.71. The molecular formula is C18H23N3O3. The Labute approximate surface area is 141 Å². The van der Waals surface area contributed by atoms with E-state index in [1.54, 1.807) is 12.3 Å². The first-order chi connectivity index (χ1) is 11.6. The summed E-state index contributed by atoms with van der Waals surface area (Å²) >= 11 is 0. The molecule has 3 rings (SSSR count). The van der Waals surface area contributed by atoms with Crippen LogP contribution in [0.2, 0.25) is 0 Å². The molecule has 0 spiro atoms. The first-order valence-electron chi connectivity index (χ1n) is 8.40. The lowest BCUT2D eigenvalue weighted by Gasteiger charge is -2.29. The molecule has 1 N–H and O–H groups in total. The van der Waals surface area contributed by atoms with Crippen LogP contribution < -0.4 is 10.1 Å². The molecule has 1 fully saturated rings. The molecule has 1 aliphatic carbocycles. The molecule has 2 aromatic rings. The van der Waals surface area contributed by atoms with Gasteiger partial charge in [0.1, 0.15) is 11.5 Å². The lowest BCUT2D eigenvalue weighted by Crippen LogP contribution is -2.40. The predicted molar refractivity (Wildman–Crippen MR) is 88.7 cm³/mol. The minimum atomic E-state index is -0.0152. The second-order valence-corrected chi connectivity index (χ2v) is 6.36. The molecular weight excluding hydrogens is 306 g/mol. The molecule has 0 saturated heterocycles. The second kappa shape index (κ2) is 7.47. The van der Waals surface area contributed by atoms with E-state index in [0.717, 1.165) is 42.8 Å². The van der Waals surface area contributed by atoms with Gasteiger partial charge in [0.05, 0.1) is 23.9 Å². The zero-order valence-corrected chi connectivity index (χ0v) is 14.1. The van der Waals surface area contributed by atoms with Gasteiger partial charge in [-0.1, -0.05) is 5.16 Å². The van der Waals surface area contributed by atoms with Crippen LogP contribution in [0, 0.1) is 13.8 Å². The van der Waals surface area contributed by atoms with E-state index in [-0.39, 0.29) is 24.5 Å². The average Bonchev–Trinajstić information content (AvgIpc) is 2.96. The van der Waals surface area contributed by atoms with Crippen molar-refractivity contribution in [3.63, 3.8) is 0 Å². The highest BCUT2D eigenvalue weighted by Gasteiger charge is 2.24. The Morgan fingerprint density at radius 3 is 2.79 bits per heavy atom. The van der Waals surface area contributed by atoms with E-state index in [9.17, 15) is 4.79 Å². The zero-order chi connectivity index (χ0) is 16.9. The quantitative estimate of drug-likeness (QED) is 0.912. The SMILES string of the molecule is Cc1cc(CC(=O)NC2CCC(Oc3cccnc3C)CC2)on1. The van der Waals surface area contributed by atoms with Crippen molar-refractivity contribution in [3.8, 4) is 5.75 Å². The minimum absolute atomic E-state index is 0.0152. The van der Waals surface area contributed by atoms with Gasteiger partial charge in [0.2, 0.25) is 5.91 Å². The highest BCUT2D eigenvalue weighted by molar-refractivity contribution is 5.78. The summed E-state index contributed by atoms with van der Waals surface area (Å²) in [6.45, 7) is 3.79. The number of hydrogen-bond acceptors (Lipinski definition) is 5. The second-order valence-electron chi connectivity index (χ2n) is 6.36. The molecule has 0 unspecified atom stereocenters. The molecule has 0 aromatic carbocycles. The molecule has 2 aromatic heterocycles. The van der Waals surface area contributed by atoms with Gasteiger partial charge in [0.25, 0.3) is 0 Å². The van der Waals surface area contributed by atoms with Gasteiger partial charge in [-0.3, -0.25) is 9.78 Å². The highest BCUT2D eigenvalue weighted by Crippen LogP contribution is 2.25. The van der Waals surface area contributed by atoms with Crippen molar-refractivity contribution in [3.05, 3.63) is 41.5 Å². The maximum Gasteiger partial charge on any atom is 0.227 e. The van der Waals surface area contributed by atoms with E-state index in [2.05, 4.69) is 15.5 Å². The van der Waals surface area contributed by atoms with Crippen molar-refractivity contribution in [2.24, 2.45) is 0 Å². The molecule has 1 aliphatic rings. The largest absolute Gasteiger partial charge is 0.489 e. The molecule has 1 amide bonds. The Hall–Kier alpha value is -2.37. The molecule has 0 radical (unpaired) electrons. The number of aromatic nitrogens is 2. The van der Waals surface area contributed by atoms with Gasteiger partial charge in [-0.2, -0.15) is 0 Å². The number of pyridine rings is 1. The van der Waals surface area contributed by atoms with Gasteiger partial charge < -0.3 is 14.6 Å². The van der Waals surface area contributed by atoms with Crippen LogP contribution >= 0.6 is 0 Å². The van der Waals surface area contributed by atoms with E-state index in [4.69, 9.17) is 9.26 Å². The fourth-order valence-electron chi connectivity index (χ4n) is 3.04. The van der Waals surface area contributed by atoms with Crippen molar-refractivity contribution >= 4 is 5.91 Å². The van der Waals surface area contributed by atoms with Crippen LogP contribution in [0.15, 0.2) is 28.9 Å². The lowest BCUT2D eigenvalue weighted by molar-refractivity contribution is -0.121. The summed E-state index contributed by atoms with van der Waals surface area (Å²) in [6, 6.07) is 5.84. The number of aryl methyl sites for hydroxylation is 2. The van der Waals surface area contributed by atoms with Gasteiger partial charge in [-0.15, -0.1) is 0 Å². The van der Waals surface area contributed by atoms with E-state index >= 15 is 0 Å². The molecule has 128 valence electrons. The van der Waals surface area contributed by atoms with Crippen molar-refractivity contribution in [2.45, 2.75) is 58.1 Å². The molecule has 24 heavy (non-hydrogen) atoms. The lowest BCUT2D eigenvalue weighted by atomic mass is 9.92. The smallest absolute Gasteiger partial charge is 0.227 e. The van der Waals surface area contributed by atoms with Crippen LogP contribution in [0.25, 0.3) is 0 Å². The molecule has 0 bridgehead atoms. The predicted octanol–water partition coefficient (Wildman–Crippen LogP) is 2.74. The summed E-state index contributed by atoms with van der Waals surface area (Å²) in [7, 11) is 0. The molecule has 6 nitrogen and oxygen atoms in total. The van der Waals surface area contributed by atoms with Crippen LogP contribution in [0.3, 0.4) is 0 Å². The zero-order valence-electron chi connectivity index (χ0n) is 14.1. The average molecular weight is 329 g/mol. The third-order valence-corrected chi connectivity index (χ3v) is 4.30. The van der Waals surface area contributed by atoms with Crippen molar-refractivity contribution < 1.29 is 14.1 Å². The van der Waals surface area contributed by atoms with Gasteiger partial charge in [0.15, 0.2) is 0 Å². The minimum Gasteiger partial charge on any atom is -0.489 e. The Kier molecular flexibility index (Phi) is 5.13. The Bertz CT molecular complexity index is 690. The molecule has 1 saturated carbocycles. The van der Waals surface area contributed by atoms with Gasteiger partial charge in [-0.05, 0) is 51.7 Å². The van der Waals surface area contributed by atoms with Crippen LogP contribution in [0.4, 0.5) is 0 Å². The van der Waals surface area contributed by atoms with Crippen LogP contribution in [-0.4, -0.2) is 28.2 Å². The van der Waals surface area contributed by atoms with Crippen LogP contribution in [0.1, 0.15) is 42.8 Å². The number of nitrogens with one attached hydrogen (secondary N) is 1. The first kappa shape index (κ1) is 16.5. The number of nitrogens with zero attached hydrogens (tertiary/aromatic N) is 2. The van der Waals surface area contributed by atoms with E-state index in [1.807, 2.05) is 26.0 Å². The van der Waals surface area contributed by atoms with E-state index in [0.29, 0.717) is 5.76 Å². The summed E-state index contributed by atoms with van der Waals surface area (Å²) in [5, 5.41) is 6.87. The number of carbonyl (C=O) groups excluding carboxylic acids is 1. The van der Waals surface area contributed by atoms with Crippen LogP contribution in [-0.2, 0) is 11.2 Å². The maximum atomic E-state index is 12.1. The van der Waals surface area contributed by atoms with Crippen LogP contribution in [0.5, 0.6) is 5.75 Å². The standard InChI is InChI=1S/C18H23N3O3/c1-12-10-16(24-21-12)11-18(22)20-14-5-7-15(8-6-14)23-17-4-3-9-19-13(17)2/h3-4,9-10,14-15H,5-8,11H2,1-2H3,(H,20,22). The van der Waals surface area contributed by atoms with E-state index in [1.165, 1.54) is 0 Å². The monoisotopic (exact) mass is 329 g/mol. The third-order valence-electron chi connectivity index (χ3n) is 4.30. The van der Waals surface area contributed by atoms with E-state index < -0.39 is 0 Å². The van der Waals surface area contributed by atoms with Crippen molar-refractivity contribution in [2.75, 3.05) is 0 Å². The Morgan fingerprint density at radius 1 is 1.33 bits per heavy atom. The Balaban J connectivity index is 1.43.